The van der Waals surface area contributed by atoms with Gasteiger partial charge in [0, 0.05) is 10.5 Å². The van der Waals surface area contributed by atoms with Crippen LogP contribution in [0.4, 0.5) is 0 Å². The molecule has 1 aromatic carbocycles. The summed E-state index contributed by atoms with van der Waals surface area (Å²) >= 11 is 3.35. The Balaban J connectivity index is 1.86. The predicted molar refractivity (Wildman–Crippen MR) is 76.2 cm³/mol. The smallest absolute Gasteiger partial charge is 0.336 e. The lowest BCUT2D eigenvalue weighted by Crippen LogP contribution is -1.94. The van der Waals surface area contributed by atoms with Gasteiger partial charge in [-0.25, -0.2) is 4.79 Å². The Bertz CT molecular complexity index is 541. The molecule has 0 radical (unpaired) electrons. The highest BCUT2D eigenvalue weighted by atomic mass is 79.9. The number of halogens is 1. The van der Waals surface area contributed by atoms with Gasteiger partial charge < -0.3 is 9.84 Å². The fourth-order valence-corrected chi connectivity index (χ4v) is 1.88. The summed E-state index contributed by atoms with van der Waals surface area (Å²) in [6, 6.07) is 7.55. The Kier molecular flexibility index (Phi) is 4.71. The van der Waals surface area contributed by atoms with Crippen molar-refractivity contribution in [2.24, 2.45) is 0 Å². The molecule has 0 unspecified atom stereocenters. The molecule has 0 amide bonds. The van der Waals surface area contributed by atoms with Crippen LogP contribution in [0.2, 0.25) is 0 Å². The molecule has 0 aliphatic carbocycles. The van der Waals surface area contributed by atoms with E-state index >= 15 is 0 Å². The van der Waals surface area contributed by atoms with Gasteiger partial charge in [0.05, 0.1) is 6.10 Å². The molecule has 0 spiro atoms. The van der Waals surface area contributed by atoms with Crippen LogP contribution in [-0.4, -0.2) is 11.1 Å². The van der Waals surface area contributed by atoms with Crippen molar-refractivity contribution in [1.29, 1.82) is 0 Å². The number of aliphatic hydroxyl groups is 1. The number of carbonyl (C=O) groups is 1. The molecule has 1 aromatic rings. The summed E-state index contributed by atoms with van der Waals surface area (Å²) in [4.78, 5) is 10.8. The monoisotopic (exact) mass is 320 g/mol. The van der Waals surface area contributed by atoms with Crippen LogP contribution in [-0.2, 0) is 9.53 Å². The number of hydrogen-bond acceptors (Lipinski definition) is 3. The fourth-order valence-electron chi connectivity index (χ4n) is 1.62. The third-order valence-corrected chi connectivity index (χ3v) is 3.14. The first-order valence-corrected chi connectivity index (χ1v) is 6.65. The maximum absolute atomic E-state index is 10.8. The summed E-state index contributed by atoms with van der Waals surface area (Å²) in [6.45, 7) is 0. The van der Waals surface area contributed by atoms with Crippen molar-refractivity contribution < 1.29 is 14.6 Å². The molecule has 1 heterocycles. The van der Waals surface area contributed by atoms with Crippen LogP contribution in [0.1, 0.15) is 18.1 Å². The molecule has 0 saturated carbocycles. The highest BCUT2D eigenvalue weighted by Crippen LogP contribution is 2.19. The minimum absolute atomic E-state index is 0.352. The summed E-state index contributed by atoms with van der Waals surface area (Å²) in [5.74, 6) is 0.161. The zero-order chi connectivity index (χ0) is 13.7. The Morgan fingerprint density at radius 2 is 2.00 bits per heavy atom. The van der Waals surface area contributed by atoms with Gasteiger partial charge >= 0.3 is 5.97 Å². The van der Waals surface area contributed by atoms with Gasteiger partial charge in [0.1, 0.15) is 5.76 Å². The van der Waals surface area contributed by atoms with Crippen molar-refractivity contribution in [1.82, 2.24) is 0 Å². The van der Waals surface area contributed by atoms with E-state index in [1.165, 1.54) is 6.08 Å². The molecule has 0 bridgehead atoms. The van der Waals surface area contributed by atoms with E-state index in [-0.39, 0.29) is 5.97 Å². The van der Waals surface area contributed by atoms with E-state index in [2.05, 4.69) is 15.9 Å². The van der Waals surface area contributed by atoms with Gasteiger partial charge in [-0.15, -0.1) is 0 Å². The first kappa shape index (κ1) is 13.8. The van der Waals surface area contributed by atoms with Gasteiger partial charge in [-0.2, -0.15) is 0 Å². The summed E-state index contributed by atoms with van der Waals surface area (Å²) < 4.78 is 5.84. The summed E-state index contributed by atoms with van der Waals surface area (Å²) in [6.07, 6.45) is 8.23. The molecular formula is C15H13BrO3. The molecule has 1 N–H and O–H groups in total. The molecule has 3 nitrogen and oxygen atoms in total. The summed E-state index contributed by atoms with van der Waals surface area (Å²) in [5.41, 5.74) is 0.868. The third-order valence-electron chi connectivity index (χ3n) is 2.61. The molecule has 0 aromatic heterocycles. The Hall–Kier alpha value is -1.65. The van der Waals surface area contributed by atoms with Crippen molar-refractivity contribution in [2.75, 3.05) is 0 Å². The van der Waals surface area contributed by atoms with E-state index in [0.717, 1.165) is 10.0 Å². The SMILES string of the molecule is O=C1C=C/C(=C/C=C/C[C@@H](O)c2ccc(Br)cc2)O1. The van der Waals surface area contributed by atoms with E-state index in [1.54, 1.807) is 18.2 Å². The van der Waals surface area contributed by atoms with Crippen molar-refractivity contribution in [2.45, 2.75) is 12.5 Å². The second kappa shape index (κ2) is 6.50. The number of hydrogen-bond donors (Lipinski definition) is 1. The number of esters is 1. The maximum Gasteiger partial charge on any atom is 0.336 e. The number of rotatable bonds is 4. The molecular weight excluding hydrogens is 308 g/mol. The van der Waals surface area contributed by atoms with E-state index in [4.69, 9.17) is 4.74 Å². The number of allylic oxidation sites excluding steroid dienone is 3. The normalized spacial score (nSPS) is 18.2. The van der Waals surface area contributed by atoms with E-state index in [9.17, 15) is 9.90 Å². The lowest BCUT2D eigenvalue weighted by Gasteiger charge is -2.07. The van der Waals surface area contributed by atoms with Crippen molar-refractivity contribution >= 4 is 21.9 Å². The second-order valence-corrected chi connectivity index (χ2v) is 4.97. The summed E-state index contributed by atoms with van der Waals surface area (Å²) in [7, 11) is 0. The first-order valence-electron chi connectivity index (χ1n) is 5.85. The Morgan fingerprint density at radius 1 is 1.26 bits per heavy atom. The number of carbonyl (C=O) groups excluding carboxylic acids is 1. The van der Waals surface area contributed by atoms with Gasteiger partial charge in [0.15, 0.2) is 0 Å². The maximum atomic E-state index is 10.8. The molecule has 1 aliphatic heterocycles. The predicted octanol–water partition coefficient (Wildman–Crippen LogP) is 3.43. The highest BCUT2D eigenvalue weighted by Gasteiger charge is 2.07. The standard InChI is InChI=1S/C15H13BrO3/c16-12-7-5-11(6-8-12)14(17)4-2-1-3-13-9-10-15(18)19-13/h1-3,5-10,14,17H,4H2/b2-1+,13-3-/t14-/m1/s1. The van der Waals surface area contributed by atoms with E-state index in [1.807, 2.05) is 30.3 Å². The van der Waals surface area contributed by atoms with Gasteiger partial charge in [0.25, 0.3) is 0 Å². The molecule has 1 atom stereocenters. The molecule has 0 saturated heterocycles. The Morgan fingerprint density at radius 3 is 2.63 bits per heavy atom. The van der Waals surface area contributed by atoms with Gasteiger partial charge in [-0.1, -0.05) is 40.2 Å². The number of ether oxygens (including phenoxy) is 1. The molecule has 0 fully saturated rings. The van der Waals surface area contributed by atoms with Crippen LogP contribution in [0, 0.1) is 0 Å². The molecule has 19 heavy (non-hydrogen) atoms. The van der Waals surface area contributed by atoms with Crippen LogP contribution in [0.3, 0.4) is 0 Å². The first-order chi connectivity index (χ1) is 9.15. The van der Waals surface area contributed by atoms with Crippen LogP contribution in [0.15, 0.2) is 64.9 Å². The highest BCUT2D eigenvalue weighted by molar-refractivity contribution is 9.10. The minimum atomic E-state index is -0.538. The number of benzene rings is 1. The van der Waals surface area contributed by atoms with Crippen LogP contribution in [0.25, 0.3) is 0 Å². The topological polar surface area (TPSA) is 46.5 Å². The lowest BCUT2D eigenvalue weighted by molar-refractivity contribution is -0.132. The average Bonchev–Trinajstić information content (AvgIpc) is 2.81. The van der Waals surface area contributed by atoms with E-state index < -0.39 is 6.10 Å². The zero-order valence-corrected chi connectivity index (χ0v) is 11.7. The second-order valence-electron chi connectivity index (χ2n) is 4.05. The molecule has 98 valence electrons. The van der Waals surface area contributed by atoms with Crippen molar-refractivity contribution in [3.05, 3.63) is 70.4 Å². The quantitative estimate of drug-likeness (QED) is 0.864. The zero-order valence-electron chi connectivity index (χ0n) is 10.1. The molecule has 2 rings (SSSR count). The average molecular weight is 321 g/mol. The molecule has 1 aliphatic rings. The largest absolute Gasteiger partial charge is 0.423 e. The fraction of sp³-hybridized carbons (Fsp3) is 0.133. The summed E-state index contributed by atoms with van der Waals surface area (Å²) in [5, 5.41) is 9.96. The molecule has 4 heteroatoms. The third kappa shape index (κ3) is 4.19. The minimum Gasteiger partial charge on any atom is -0.423 e. The Labute approximate surface area is 120 Å². The van der Waals surface area contributed by atoms with Gasteiger partial charge in [0.2, 0.25) is 0 Å². The number of cyclic esters (lactones) is 1. The van der Waals surface area contributed by atoms with Crippen molar-refractivity contribution in [3.63, 3.8) is 0 Å². The number of aliphatic hydroxyl groups excluding tert-OH is 1. The van der Waals surface area contributed by atoms with Crippen molar-refractivity contribution in [3.8, 4) is 0 Å². The van der Waals surface area contributed by atoms with Crippen LogP contribution < -0.4 is 0 Å². The van der Waals surface area contributed by atoms with Crippen LogP contribution in [0.5, 0.6) is 0 Å². The van der Waals surface area contributed by atoms with E-state index in [0.29, 0.717) is 12.2 Å². The lowest BCUT2D eigenvalue weighted by atomic mass is 10.1. The van der Waals surface area contributed by atoms with Gasteiger partial charge in [-0.3, -0.25) is 0 Å². The van der Waals surface area contributed by atoms with Crippen LogP contribution >= 0.6 is 15.9 Å². The van der Waals surface area contributed by atoms with Gasteiger partial charge in [-0.05, 0) is 36.3 Å².